The highest BCUT2D eigenvalue weighted by Gasteiger charge is 2.12. The molecule has 0 bridgehead atoms. The molecule has 12 heteroatoms. The van der Waals surface area contributed by atoms with Crippen molar-refractivity contribution in [3.8, 4) is 0 Å². The molecule has 2 aromatic rings. The maximum atomic E-state index is 13.9. The Labute approximate surface area is 140 Å². The smallest absolute Gasteiger partial charge is 0.283 e. The Kier molecular flexibility index (Phi) is 5.71. The lowest BCUT2D eigenvalue weighted by Crippen LogP contribution is -2.99. The molecule has 0 aliphatic rings. The maximum absolute atomic E-state index is 13.9. The Balaban J connectivity index is 2.19. The zero-order chi connectivity index (χ0) is 18.6. The average molecular weight is 374 g/mol. The minimum atomic E-state index is -4.35. The highest BCUT2D eigenvalue weighted by atomic mass is 32.2. The molecule has 1 atom stereocenters. The molecule has 0 radical (unpaired) electrons. The van der Waals surface area contributed by atoms with Crippen LogP contribution in [0.1, 0.15) is 0 Å². The Hall–Kier alpha value is -2.51. The van der Waals surface area contributed by atoms with Crippen LogP contribution in [-0.2, 0) is 10.1 Å². The van der Waals surface area contributed by atoms with Gasteiger partial charge in [-0.1, -0.05) is 0 Å². The molecule has 0 amide bonds. The van der Waals surface area contributed by atoms with Gasteiger partial charge in [0.15, 0.2) is 23.0 Å². The van der Waals surface area contributed by atoms with Gasteiger partial charge in [0.25, 0.3) is 10.1 Å². The van der Waals surface area contributed by atoms with E-state index in [9.17, 15) is 22.4 Å². The van der Waals surface area contributed by atoms with Crippen molar-refractivity contribution in [3.63, 3.8) is 0 Å². The number of halogens is 2. The van der Waals surface area contributed by atoms with E-state index in [1.807, 2.05) is 0 Å². The van der Waals surface area contributed by atoms with Crippen LogP contribution in [0.2, 0.25) is 0 Å². The molecule has 0 fully saturated rings. The van der Waals surface area contributed by atoms with E-state index < -0.39 is 38.5 Å². The fraction of sp³-hybridized carbons (Fsp3) is 0.0769. The van der Waals surface area contributed by atoms with Gasteiger partial charge in [-0.05, 0) is 24.3 Å². The van der Waals surface area contributed by atoms with Crippen LogP contribution < -0.4 is 10.5 Å². The SMILES string of the molecule is O=S(=O)(O)CNc1cc(F)c(N=Nc2ccc([NH+]([O-])O)cc2)c(F)c1. The van der Waals surface area contributed by atoms with Gasteiger partial charge >= 0.3 is 0 Å². The number of quaternary nitrogens is 1. The van der Waals surface area contributed by atoms with E-state index in [0.29, 0.717) is 0 Å². The van der Waals surface area contributed by atoms with Crippen molar-refractivity contribution in [3.05, 3.63) is 53.2 Å². The lowest BCUT2D eigenvalue weighted by Gasteiger charge is -2.10. The standard InChI is InChI=1S/C13H12F2N4O5S/c14-11-5-9(16-7-25(22,23)24)6-12(15)13(11)18-17-8-1-3-10(4-2-8)19(20)21/h1-6,16,19-20H,7H2,(H,22,23,24). The molecule has 1 unspecified atom stereocenters. The van der Waals surface area contributed by atoms with Gasteiger partial charge < -0.3 is 10.5 Å². The largest absolute Gasteiger partial charge is 0.595 e. The number of hydrogen-bond acceptors (Lipinski definition) is 7. The van der Waals surface area contributed by atoms with Crippen molar-refractivity contribution in [2.45, 2.75) is 0 Å². The van der Waals surface area contributed by atoms with Gasteiger partial charge in [0.05, 0.1) is 5.69 Å². The van der Waals surface area contributed by atoms with Crippen LogP contribution in [0.4, 0.5) is 31.5 Å². The molecule has 2 aromatic carbocycles. The van der Waals surface area contributed by atoms with Crippen molar-refractivity contribution >= 4 is 32.9 Å². The van der Waals surface area contributed by atoms with Crippen LogP contribution in [-0.4, -0.2) is 24.1 Å². The van der Waals surface area contributed by atoms with Gasteiger partial charge in [0.2, 0.25) is 0 Å². The van der Waals surface area contributed by atoms with E-state index in [0.717, 1.165) is 12.1 Å². The molecule has 0 aliphatic carbocycles. The van der Waals surface area contributed by atoms with E-state index in [1.165, 1.54) is 24.3 Å². The molecule has 9 nitrogen and oxygen atoms in total. The number of benzene rings is 2. The number of hydrogen-bond donors (Lipinski definition) is 4. The van der Waals surface area contributed by atoms with Crippen molar-refractivity contribution in [1.29, 1.82) is 0 Å². The first-order valence-corrected chi connectivity index (χ1v) is 8.20. The minimum absolute atomic E-state index is 0.0191. The van der Waals surface area contributed by atoms with Crippen LogP contribution in [0.3, 0.4) is 0 Å². The Morgan fingerprint density at radius 1 is 1.12 bits per heavy atom. The van der Waals surface area contributed by atoms with E-state index >= 15 is 0 Å². The number of anilines is 1. The summed E-state index contributed by atoms with van der Waals surface area (Å²) in [5.41, 5.74) is -0.722. The molecule has 134 valence electrons. The molecule has 0 aromatic heterocycles. The van der Waals surface area contributed by atoms with Crippen LogP contribution in [0.5, 0.6) is 0 Å². The maximum Gasteiger partial charge on any atom is 0.283 e. The van der Waals surface area contributed by atoms with Crippen molar-refractivity contribution in [2.75, 3.05) is 11.2 Å². The predicted octanol–water partition coefficient (Wildman–Crippen LogP) is 2.04. The van der Waals surface area contributed by atoms with Gasteiger partial charge in [0, 0.05) is 17.8 Å². The van der Waals surface area contributed by atoms with Crippen molar-refractivity contribution in [2.24, 2.45) is 10.2 Å². The molecule has 0 saturated heterocycles. The predicted molar refractivity (Wildman–Crippen MR) is 82.8 cm³/mol. The summed E-state index contributed by atoms with van der Waals surface area (Å²) in [6, 6.07) is 6.71. The first-order valence-electron chi connectivity index (χ1n) is 6.59. The second-order valence-corrected chi connectivity index (χ2v) is 6.20. The highest BCUT2D eigenvalue weighted by molar-refractivity contribution is 7.85. The second-order valence-electron chi connectivity index (χ2n) is 4.74. The first kappa shape index (κ1) is 18.8. The summed E-state index contributed by atoms with van der Waals surface area (Å²) in [5, 5.41) is 27.5. The third-order valence-corrected chi connectivity index (χ3v) is 3.36. The summed E-state index contributed by atoms with van der Waals surface area (Å²) in [7, 11) is -4.35. The Morgan fingerprint density at radius 3 is 2.16 bits per heavy atom. The summed E-state index contributed by atoms with van der Waals surface area (Å²) >= 11 is 0. The van der Waals surface area contributed by atoms with E-state index in [-0.39, 0.29) is 17.1 Å². The monoisotopic (exact) mass is 374 g/mol. The first-order chi connectivity index (χ1) is 11.7. The fourth-order valence-corrected chi connectivity index (χ4v) is 2.07. The van der Waals surface area contributed by atoms with Crippen LogP contribution in [0.25, 0.3) is 0 Å². The average Bonchev–Trinajstić information content (AvgIpc) is 2.52. The number of nitrogens with one attached hydrogen (secondary N) is 2. The molecule has 0 spiro atoms. The Morgan fingerprint density at radius 2 is 1.68 bits per heavy atom. The molecule has 2 rings (SSSR count). The minimum Gasteiger partial charge on any atom is -0.595 e. The van der Waals surface area contributed by atoms with Gasteiger partial charge in [-0.2, -0.15) is 18.8 Å². The molecule has 0 aliphatic heterocycles. The number of rotatable bonds is 6. The molecular formula is C13H12F2N4O5S. The molecule has 0 saturated carbocycles. The quantitative estimate of drug-likeness (QED) is 0.347. The molecule has 4 N–H and O–H groups in total. The fourth-order valence-electron chi connectivity index (χ4n) is 1.72. The van der Waals surface area contributed by atoms with E-state index in [4.69, 9.17) is 9.76 Å². The second kappa shape index (κ2) is 7.58. The topological polar surface area (TPSA) is 139 Å². The third kappa shape index (κ3) is 5.51. The summed E-state index contributed by atoms with van der Waals surface area (Å²) in [6.45, 7) is 0. The van der Waals surface area contributed by atoms with Gasteiger partial charge in [0.1, 0.15) is 5.88 Å². The normalized spacial score (nSPS) is 13.2. The number of nitrogens with zero attached hydrogens (tertiary/aromatic N) is 2. The lowest BCUT2D eigenvalue weighted by molar-refractivity contribution is -0.991. The van der Waals surface area contributed by atoms with Crippen LogP contribution in [0, 0.1) is 16.8 Å². The van der Waals surface area contributed by atoms with Crippen molar-refractivity contribution < 1.29 is 32.2 Å². The molecule has 0 heterocycles. The van der Waals surface area contributed by atoms with E-state index in [2.05, 4.69) is 15.5 Å². The summed E-state index contributed by atoms with van der Waals surface area (Å²) in [6.07, 6.45) is 0. The molecule has 25 heavy (non-hydrogen) atoms. The van der Waals surface area contributed by atoms with Crippen LogP contribution in [0.15, 0.2) is 46.6 Å². The zero-order valence-electron chi connectivity index (χ0n) is 12.3. The highest BCUT2D eigenvalue weighted by Crippen LogP contribution is 2.28. The van der Waals surface area contributed by atoms with Crippen molar-refractivity contribution in [1.82, 2.24) is 0 Å². The Bertz CT molecular complexity index is 865. The van der Waals surface area contributed by atoms with Crippen LogP contribution >= 0.6 is 0 Å². The van der Waals surface area contributed by atoms with Gasteiger partial charge in [-0.15, -0.1) is 5.11 Å². The van der Waals surface area contributed by atoms with E-state index in [1.54, 1.807) is 0 Å². The number of azo groups is 1. The lowest BCUT2D eigenvalue weighted by atomic mass is 10.2. The third-order valence-electron chi connectivity index (χ3n) is 2.86. The summed E-state index contributed by atoms with van der Waals surface area (Å²) < 4.78 is 57.6. The van der Waals surface area contributed by atoms with Gasteiger partial charge in [-0.3, -0.25) is 4.55 Å². The molecular weight excluding hydrogens is 362 g/mol. The van der Waals surface area contributed by atoms with Gasteiger partial charge in [-0.25, -0.2) is 14.0 Å². The zero-order valence-corrected chi connectivity index (χ0v) is 13.2. The summed E-state index contributed by atoms with van der Waals surface area (Å²) in [5.74, 6) is -3.13. The summed E-state index contributed by atoms with van der Waals surface area (Å²) in [4.78, 5) is 0.